The van der Waals surface area contributed by atoms with Crippen molar-refractivity contribution in [2.45, 2.75) is 59.3 Å². The van der Waals surface area contributed by atoms with Gasteiger partial charge in [0.25, 0.3) is 0 Å². The van der Waals surface area contributed by atoms with Crippen LogP contribution in [-0.4, -0.2) is 37.3 Å². The summed E-state index contributed by atoms with van der Waals surface area (Å²) in [5, 5.41) is 0. The van der Waals surface area contributed by atoms with E-state index in [0.717, 1.165) is 22.5 Å². The molecule has 2 aliphatic rings. The van der Waals surface area contributed by atoms with E-state index in [9.17, 15) is 0 Å². The molecular formula is C35H42N6. The van der Waals surface area contributed by atoms with Gasteiger partial charge in [-0.05, 0) is 88.0 Å². The van der Waals surface area contributed by atoms with E-state index >= 15 is 0 Å². The van der Waals surface area contributed by atoms with Crippen LogP contribution in [0.3, 0.4) is 0 Å². The normalized spacial score (nSPS) is 17.4. The summed E-state index contributed by atoms with van der Waals surface area (Å²) in [6.45, 7) is 8.70. The lowest BCUT2D eigenvalue weighted by atomic mass is 9.81. The van der Waals surface area contributed by atoms with Gasteiger partial charge >= 0.3 is 0 Å². The zero-order valence-electron chi connectivity index (χ0n) is 30.7. The second kappa shape index (κ2) is 10.4. The van der Waals surface area contributed by atoms with Crippen molar-refractivity contribution in [3.8, 4) is 11.1 Å². The van der Waals surface area contributed by atoms with Crippen molar-refractivity contribution in [1.29, 1.82) is 0 Å². The quantitative estimate of drug-likeness (QED) is 0.238. The fourth-order valence-corrected chi connectivity index (χ4v) is 5.93. The Hall–Kier alpha value is -4.06. The van der Waals surface area contributed by atoms with Crippen LogP contribution in [0.25, 0.3) is 11.1 Å². The highest BCUT2D eigenvalue weighted by Crippen LogP contribution is 2.46. The third-order valence-electron chi connectivity index (χ3n) is 8.14. The topological polar surface area (TPSA) is 38.7 Å². The molecule has 0 aliphatic carbocycles. The molecule has 0 bridgehead atoms. The molecule has 0 spiro atoms. The van der Waals surface area contributed by atoms with Gasteiger partial charge in [-0.3, -0.25) is 0 Å². The Labute approximate surface area is 253 Å². The predicted octanol–water partition coefficient (Wildman–Crippen LogP) is 8.60. The van der Waals surface area contributed by atoms with Gasteiger partial charge in [0.2, 0.25) is 0 Å². The first-order valence-electron chi connectivity index (χ1n) is 17.4. The molecule has 41 heavy (non-hydrogen) atoms. The number of benzene rings is 2. The zero-order chi connectivity index (χ0) is 34.0. The lowest BCUT2D eigenvalue weighted by Gasteiger charge is -2.27. The van der Waals surface area contributed by atoms with Crippen LogP contribution in [0.5, 0.6) is 0 Å². The Morgan fingerprint density at radius 1 is 0.659 bits per heavy atom. The van der Waals surface area contributed by atoms with Crippen molar-refractivity contribution in [3.63, 3.8) is 0 Å². The lowest BCUT2D eigenvalue weighted by molar-refractivity contribution is 0.807. The van der Waals surface area contributed by atoms with Crippen molar-refractivity contribution < 1.29 is 8.22 Å². The summed E-state index contributed by atoms with van der Waals surface area (Å²) in [6.07, 6.45) is 3.35. The van der Waals surface area contributed by atoms with E-state index in [1.807, 2.05) is 15.9 Å². The molecule has 0 N–H and O–H groups in total. The van der Waals surface area contributed by atoms with E-state index < -0.39 is 14.0 Å². The molecule has 6 rings (SSSR count). The minimum atomic E-state index is -2.37. The van der Waals surface area contributed by atoms with Crippen LogP contribution < -0.4 is 19.6 Å². The molecule has 0 atom stereocenters. The fraction of sp³-hybridized carbons (Fsp3) is 0.371. The molecule has 6 heteroatoms. The summed E-state index contributed by atoms with van der Waals surface area (Å²) in [4.78, 5) is 15.9. The summed E-state index contributed by atoms with van der Waals surface area (Å²) in [5.41, 5.74) is 8.44. The standard InChI is InChI=1S/C35H42N6/c1-22(2)25-17-29(23(3)4)33(30(18-25)24(5)6)26-15-27(40-20-38(7)31-11-9-13-36-34(31)40)19-28(16-26)41-21-39(8)32-12-10-14-37-35(32)41/h9-19,22-24H,20-21H2,1-8H3/i7D3,8D3. The van der Waals surface area contributed by atoms with E-state index in [4.69, 9.17) is 8.22 Å². The molecule has 0 saturated heterocycles. The SMILES string of the molecule is [2H]C([2H])([2H])N1CN(c2cc(-c3c(C(C)C)cc(C(C)C)cc3C(C)C)cc(N3CN(C([2H])([2H])[2H])c4cccnc43)c2)c2ncccc21. The second-order valence-electron chi connectivity index (χ2n) is 12.0. The highest BCUT2D eigenvalue weighted by Gasteiger charge is 2.30. The number of aromatic nitrogens is 2. The Morgan fingerprint density at radius 3 is 1.56 bits per heavy atom. The molecule has 2 aromatic heterocycles. The van der Waals surface area contributed by atoms with Crippen molar-refractivity contribution in [2.24, 2.45) is 0 Å². The first-order chi connectivity index (χ1) is 22.1. The molecule has 6 nitrogen and oxygen atoms in total. The minimum Gasteiger partial charge on any atom is -0.354 e. The zero-order valence-corrected chi connectivity index (χ0v) is 24.7. The molecular weight excluding hydrogens is 504 g/mol. The number of fused-ring (bicyclic) bond motifs is 2. The predicted molar refractivity (Wildman–Crippen MR) is 173 cm³/mol. The van der Waals surface area contributed by atoms with E-state index in [1.54, 1.807) is 36.7 Å². The van der Waals surface area contributed by atoms with Gasteiger partial charge in [-0.2, -0.15) is 0 Å². The molecule has 4 aromatic rings. The van der Waals surface area contributed by atoms with Crippen LogP contribution >= 0.6 is 0 Å². The second-order valence-corrected chi connectivity index (χ2v) is 12.0. The summed E-state index contributed by atoms with van der Waals surface area (Å²) in [5.74, 6) is 1.93. The number of hydrogen-bond acceptors (Lipinski definition) is 6. The van der Waals surface area contributed by atoms with Crippen LogP contribution in [0.2, 0.25) is 0 Å². The maximum absolute atomic E-state index is 8.26. The molecule has 0 radical (unpaired) electrons. The van der Waals surface area contributed by atoms with Gasteiger partial charge in [0.05, 0.1) is 24.7 Å². The Bertz CT molecular complexity index is 1680. The number of rotatable bonds is 6. The maximum atomic E-state index is 8.26. The first kappa shape index (κ1) is 20.8. The number of nitrogens with zero attached hydrogens (tertiary/aromatic N) is 6. The van der Waals surface area contributed by atoms with E-state index in [0.29, 0.717) is 28.9 Å². The van der Waals surface area contributed by atoms with Crippen molar-refractivity contribution >= 4 is 34.4 Å². The molecule has 4 heterocycles. The van der Waals surface area contributed by atoms with Gasteiger partial charge in [-0.1, -0.05) is 53.7 Å². The van der Waals surface area contributed by atoms with Gasteiger partial charge < -0.3 is 19.6 Å². The Morgan fingerprint density at radius 2 is 1.15 bits per heavy atom. The summed E-state index contributed by atoms with van der Waals surface area (Å²) >= 11 is 0. The molecule has 2 aliphatic heterocycles. The van der Waals surface area contributed by atoms with E-state index in [2.05, 4.69) is 75.8 Å². The number of anilines is 6. The molecule has 0 amide bonds. The fourth-order valence-electron chi connectivity index (χ4n) is 5.93. The van der Waals surface area contributed by atoms with Crippen LogP contribution in [-0.2, 0) is 0 Å². The summed E-state index contributed by atoms with van der Waals surface area (Å²) in [7, 11) is 0. The molecule has 0 saturated carbocycles. The van der Waals surface area contributed by atoms with Gasteiger partial charge in [0, 0.05) is 45.9 Å². The van der Waals surface area contributed by atoms with Crippen molar-refractivity contribution in [1.82, 2.24) is 9.97 Å². The summed E-state index contributed by atoms with van der Waals surface area (Å²) in [6, 6.07) is 17.9. The van der Waals surface area contributed by atoms with Gasteiger partial charge in [-0.15, -0.1) is 0 Å². The van der Waals surface area contributed by atoms with Crippen LogP contribution in [0.4, 0.5) is 34.4 Å². The molecule has 212 valence electrons. The van der Waals surface area contributed by atoms with Crippen LogP contribution in [0, 0.1) is 0 Å². The van der Waals surface area contributed by atoms with Crippen LogP contribution in [0.1, 0.15) is 84.2 Å². The van der Waals surface area contributed by atoms with E-state index in [-0.39, 0.29) is 25.2 Å². The maximum Gasteiger partial charge on any atom is 0.158 e. The average molecular weight is 553 g/mol. The average Bonchev–Trinajstić information content (AvgIpc) is 3.60. The molecule has 0 fully saturated rings. The Kier molecular flexibility index (Phi) is 5.27. The number of pyridine rings is 2. The highest BCUT2D eigenvalue weighted by atomic mass is 15.4. The lowest BCUT2D eigenvalue weighted by Crippen LogP contribution is -2.26. The van der Waals surface area contributed by atoms with Gasteiger partial charge in [0.1, 0.15) is 0 Å². The summed E-state index contributed by atoms with van der Waals surface area (Å²) < 4.78 is 49.6. The van der Waals surface area contributed by atoms with Gasteiger partial charge in [0.15, 0.2) is 11.6 Å². The Balaban J connectivity index is 1.62. The third kappa shape index (κ3) is 4.69. The van der Waals surface area contributed by atoms with Crippen molar-refractivity contribution in [3.05, 3.63) is 83.7 Å². The van der Waals surface area contributed by atoms with Crippen LogP contribution in [0.15, 0.2) is 67.0 Å². The monoisotopic (exact) mass is 552 g/mol. The molecule has 2 aromatic carbocycles. The molecule has 0 unspecified atom stereocenters. The number of hydrogen-bond donors (Lipinski definition) is 0. The first-order valence-corrected chi connectivity index (χ1v) is 14.4. The smallest absolute Gasteiger partial charge is 0.158 e. The third-order valence-corrected chi connectivity index (χ3v) is 8.14. The highest BCUT2D eigenvalue weighted by molar-refractivity contribution is 5.88. The largest absolute Gasteiger partial charge is 0.354 e. The minimum absolute atomic E-state index is 0.0857. The van der Waals surface area contributed by atoms with Gasteiger partial charge in [-0.25, -0.2) is 9.97 Å². The van der Waals surface area contributed by atoms with Crippen molar-refractivity contribution in [2.75, 3.05) is 46.9 Å². The van der Waals surface area contributed by atoms with E-state index in [1.165, 1.54) is 26.5 Å².